The third-order valence-corrected chi connectivity index (χ3v) is 4.03. The second-order valence-corrected chi connectivity index (χ2v) is 6.99. The van der Waals surface area contributed by atoms with E-state index in [1.54, 1.807) is 11.9 Å². The lowest BCUT2D eigenvalue weighted by molar-refractivity contribution is -0.0973. The van der Waals surface area contributed by atoms with Crippen LogP contribution in [0.25, 0.3) is 0 Å². The Balaban J connectivity index is 1.87. The number of carbonyl (C=O) groups is 1. The number of amides is 1. The second kappa shape index (κ2) is 6.82. The molecule has 1 fully saturated rings. The minimum Gasteiger partial charge on any atom is -0.444 e. The average molecular weight is 325 g/mol. The fraction of sp³-hybridized carbons (Fsp3) is 0.867. The predicted molar refractivity (Wildman–Crippen MR) is 83.7 cm³/mol. The van der Waals surface area contributed by atoms with E-state index in [2.05, 4.69) is 22.3 Å². The summed E-state index contributed by atoms with van der Waals surface area (Å²) in [4.78, 5) is 15.3. The van der Waals surface area contributed by atoms with Gasteiger partial charge >= 0.3 is 6.09 Å². The van der Waals surface area contributed by atoms with Crippen molar-refractivity contribution in [2.24, 2.45) is 7.05 Å². The van der Waals surface area contributed by atoms with Crippen molar-refractivity contribution >= 4 is 6.09 Å². The summed E-state index contributed by atoms with van der Waals surface area (Å²) in [7, 11) is 1.73. The van der Waals surface area contributed by atoms with Crippen molar-refractivity contribution < 1.29 is 14.3 Å². The summed E-state index contributed by atoms with van der Waals surface area (Å²) >= 11 is 0. The van der Waals surface area contributed by atoms with Crippen LogP contribution in [-0.4, -0.2) is 55.5 Å². The SMILES string of the molecule is CCC1(OCc2nnn(C)n2)CCN(C(=O)OC(C)(C)C)CC1. The lowest BCUT2D eigenvalue weighted by atomic mass is 9.88. The Morgan fingerprint density at radius 2 is 1.96 bits per heavy atom. The van der Waals surface area contributed by atoms with Crippen LogP contribution in [0, 0.1) is 0 Å². The van der Waals surface area contributed by atoms with Crippen molar-refractivity contribution in [3.63, 3.8) is 0 Å². The first-order valence-corrected chi connectivity index (χ1v) is 8.08. The van der Waals surface area contributed by atoms with Gasteiger partial charge in [-0.25, -0.2) is 4.79 Å². The quantitative estimate of drug-likeness (QED) is 0.841. The number of aryl methyl sites for hydroxylation is 1. The van der Waals surface area contributed by atoms with Gasteiger partial charge in [0.05, 0.1) is 12.6 Å². The molecule has 2 heterocycles. The van der Waals surface area contributed by atoms with E-state index in [0.717, 1.165) is 19.3 Å². The lowest BCUT2D eigenvalue weighted by Crippen LogP contribution is -2.49. The smallest absolute Gasteiger partial charge is 0.410 e. The zero-order chi connectivity index (χ0) is 17.1. The summed E-state index contributed by atoms with van der Waals surface area (Å²) in [6, 6.07) is 0. The molecule has 0 radical (unpaired) electrons. The average Bonchev–Trinajstić information content (AvgIpc) is 2.89. The molecular weight excluding hydrogens is 298 g/mol. The number of aromatic nitrogens is 4. The highest BCUT2D eigenvalue weighted by Crippen LogP contribution is 2.31. The molecule has 130 valence electrons. The van der Waals surface area contributed by atoms with Crippen LogP contribution in [0.5, 0.6) is 0 Å². The maximum absolute atomic E-state index is 12.1. The normalized spacial score (nSPS) is 18.0. The Kier molecular flexibility index (Phi) is 5.23. The first-order valence-electron chi connectivity index (χ1n) is 8.08. The van der Waals surface area contributed by atoms with Gasteiger partial charge in [-0.1, -0.05) is 6.92 Å². The van der Waals surface area contributed by atoms with Gasteiger partial charge in [-0.3, -0.25) is 0 Å². The van der Waals surface area contributed by atoms with Crippen molar-refractivity contribution in [2.45, 2.75) is 64.8 Å². The van der Waals surface area contributed by atoms with Crippen molar-refractivity contribution in [1.29, 1.82) is 0 Å². The molecule has 8 heteroatoms. The fourth-order valence-corrected chi connectivity index (χ4v) is 2.62. The standard InChI is InChI=1S/C15H27N5O3/c1-6-15(22-11-12-16-18-19(5)17-12)7-9-20(10-8-15)13(21)23-14(2,3)4/h6-11H2,1-5H3. The van der Waals surface area contributed by atoms with Gasteiger partial charge in [-0.05, 0) is 45.2 Å². The Hall–Kier alpha value is -1.70. The number of tetrazole rings is 1. The molecular formula is C15H27N5O3. The number of rotatable bonds is 4. The minimum absolute atomic E-state index is 0.238. The number of likely N-dealkylation sites (tertiary alicyclic amines) is 1. The minimum atomic E-state index is -0.468. The highest BCUT2D eigenvalue weighted by molar-refractivity contribution is 5.68. The molecule has 0 spiro atoms. The number of hydrogen-bond donors (Lipinski definition) is 0. The number of hydrogen-bond acceptors (Lipinski definition) is 6. The van der Waals surface area contributed by atoms with Gasteiger partial charge < -0.3 is 14.4 Å². The van der Waals surface area contributed by atoms with Crippen molar-refractivity contribution in [1.82, 2.24) is 25.1 Å². The zero-order valence-corrected chi connectivity index (χ0v) is 14.7. The first kappa shape index (κ1) is 17.7. The molecule has 0 unspecified atom stereocenters. The maximum atomic E-state index is 12.1. The highest BCUT2D eigenvalue weighted by Gasteiger charge is 2.37. The van der Waals surface area contributed by atoms with E-state index in [1.165, 1.54) is 4.80 Å². The predicted octanol–water partition coefficient (Wildman–Crippen LogP) is 1.91. The van der Waals surface area contributed by atoms with Gasteiger partial charge in [0, 0.05) is 13.1 Å². The molecule has 1 aromatic rings. The first-order chi connectivity index (χ1) is 10.7. The van der Waals surface area contributed by atoms with Crippen LogP contribution in [0.3, 0.4) is 0 Å². The summed E-state index contributed by atoms with van der Waals surface area (Å²) in [5, 5.41) is 11.9. The molecule has 2 rings (SSSR count). The second-order valence-electron chi connectivity index (χ2n) is 6.99. The molecule has 1 saturated heterocycles. The molecule has 8 nitrogen and oxygen atoms in total. The summed E-state index contributed by atoms with van der Waals surface area (Å²) in [5.41, 5.74) is -0.706. The highest BCUT2D eigenvalue weighted by atomic mass is 16.6. The van der Waals surface area contributed by atoms with Gasteiger partial charge in [0.25, 0.3) is 0 Å². The van der Waals surface area contributed by atoms with E-state index < -0.39 is 5.60 Å². The van der Waals surface area contributed by atoms with Crippen LogP contribution in [0.4, 0.5) is 4.79 Å². The zero-order valence-electron chi connectivity index (χ0n) is 14.7. The number of carbonyl (C=O) groups excluding carboxylic acids is 1. The molecule has 1 aliphatic rings. The monoisotopic (exact) mass is 325 g/mol. The Bertz CT molecular complexity index is 529. The van der Waals surface area contributed by atoms with Gasteiger partial charge in [0.2, 0.25) is 0 Å². The van der Waals surface area contributed by atoms with E-state index in [0.29, 0.717) is 25.5 Å². The van der Waals surface area contributed by atoms with E-state index in [1.807, 2.05) is 20.8 Å². The van der Waals surface area contributed by atoms with Crippen LogP contribution in [0.2, 0.25) is 0 Å². The van der Waals surface area contributed by atoms with Gasteiger partial charge in [0.15, 0.2) is 5.82 Å². The largest absolute Gasteiger partial charge is 0.444 e. The van der Waals surface area contributed by atoms with Crippen molar-refractivity contribution in [3.05, 3.63) is 5.82 Å². The third-order valence-electron chi connectivity index (χ3n) is 4.03. The molecule has 1 aliphatic heterocycles. The number of piperidine rings is 1. The summed E-state index contributed by atoms with van der Waals surface area (Å²) in [5.74, 6) is 0.579. The van der Waals surface area contributed by atoms with E-state index in [9.17, 15) is 4.79 Å². The van der Waals surface area contributed by atoms with E-state index >= 15 is 0 Å². The van der Waals surface area contributed by atoms with Crippen LogP contribution < -0.4 is 0 Å². The Labute approximate surface area is 137 Å². The van der Waals surface area contributed by atoms with Crippen LogP contribution in [-0.2, 0) is 23.1 Å². The molecule has 0 atom stereocenters. The topological polar surface area (TPSA) is 82.4 Å². The van der Waals surface area contributed by atoms with Crippen LogP contribution in [0.1, 0.15) is 52.8 Å². The van der Waals surface area contributed by atoms with Crippen LogP contribution >= 0.6 is 0 Å². The van der Waals surface area contributed by atoms with Gasteiger partial charge in [0.1, 0.15) is 12.2 Å². The molecule has 0 saturated carbocycles. The van der Waals surface area contributed by atoms with Crippen molar-refractivity contribution in [3.8, 4) is 0 Å². The molecule has 0 N–H and O–H groups in total. The van der Waals surface area contributed by atoms with Crippen molar-refractivity contribution in [2.75, 3.05) is 13.1 Å². The summed E-state index contributed by atoms with van der Waals surface area (Å²) in [6.45, 7) is 9.35. The molecule has 0 aliphatic carbocycles. The molecule has 0 aromatic carbocycles. The molecule has 23 heavy (non-hydrogen) atoms. The van der Waals surface area contributed by atoms with E-state index in [-0.39, 0.29) is 11.7 Å². The third kappa shape index (κ3) is 4.89. The van der Waals surface area contributed by atoms with Gasteiger partial charge in [-0.2, -0.15) is 4.80 Å². The van der Waals surface area contributed by atoms with Crippen LogP contribution in [0.15, 0.2) is 0 Å². The maximum Gasteiger partial charge on any atom is 0.410 e. The number of nitrogens with zero attached hydrogens (tertiary/aromatic N) is 5. The summed E-state index contributed by atoms with van der Waals surface area (Å²) < 4.78 is 11.5. The molecule has 0 bridgehead atoms. The lowest BCUT2D eigenvalue weighted by Gasteiger charge is -2.41. The van der Waals surface area contributed by atoms with Gasteiger partial charge in [-0.15, -0.1) is 10.2 Å². The molecule has 1 aromatic heterocycles. The number of ether oxygens (including phenoxy) is 2. The fourth-order valence-electron chi connectivity index (χ4n) is 2.62. The van der Waals surface area contributed by atoms with E-state index in [4.69, 9.17) is 9.47 Å². The molecule has 1 amide bonds. The Morgan fingerprint density at radius 1 is 1.30 bits per heavy atom. The Morgan fingerprint density at radius 3 is 2.43 bits per heavy atom. The summed E-state index contributed by atoms with van der Waals surface area (Å²) in [6.07, 6.45) is 2.19.